The zero-order chi connectivity index (χ0) is 21.0. The third-order valence-corrected chi connectivity index (χ3v) is 5.01. The Labute approximate surface area is 177 Å². The summed E-state index contributed by atoms with van der Waals surface area (Å²) in [4.78, 5) is 38.2. The maximum absolute atomic E-state index is 12.6. The number of rotatable bonds is 6. The van der Waals surface area contributed by atoms with Crippen molar-refractivity contribution in [3.05, 3.63) is 64.0 Å². The third-order valence-electron chi connectivity index (χ3n) is 3.85. The second-order valence-corrected chi connectivity index (χ2v) is 7.99. The van der Waals surface area contributed by atoms with E-state index in [1.165, 1.54) is 0 Å². The summed E-state index contributed by atoms with van der Waals surface area (Å²) in [6, 6.07) is 13.8. The van der Waals surface area contributed by atoms with Gasteiger partial charge >= 0.3 is 0 Å². The molecule has 6 nitrogen and oxygen atoms in total. The van der Waals surface area contributed by atoms with Crippen LogP contribution in [0.4, 0.5) is 10.5 Å². The van der Waals surface area contributed by atoms with Gasteiger partial charge in [-0.15, -0.1) is 0 Å². The first kappa shape index (κ1) is 21.0. The number of nitrogens with zero attached hydrogens (tertiary/aromatic N) is 1. The standard InChI is InChI=1S/C21H19ClN2O4S/c1-13(2)28-17-9-3-14(4-10-17)11-18-20(26)24(21(27)29-18)12-19(25)23-16-7-5-15(22)6-8-16/h3-11,13H,12H2,1-2H3,(H,23,25)/b18-11-. The van der Waals surface area contributed by atoms with Crippen molar-refractivity contribution in [1.82, 2.24) is 4.90 Å². The van der Waals surface area contributed by atoms with E-state index < -0.39 is 17.1 Å². The van der Waals surface area contributed by atoms with Crippen LogP contribution < -0.4 is 10.1 Å². The summed E-state index contributed by atoms with van der Waals surface area (Å²) in [5.41, 5.74) is 1.29. The second kappa shape index (κ2) is 9.15. The van der Waals surface area contributed by atoms with Gasteiger partial charge in [-0.1, -0.05) is 23.7 Å². The van der Waals surface area contributed by atoms with Gasteiger partial charge < -0.3 is 10.1 Å². The van der Waals surface area contributed by atoms with Gasteiger partial charge in [0.05, 0.1) is 11.0 Å². The molecule has 2 aromatic rings. The molecular formula is C21H19ClN2O4S. The lowest BCUT2D eigenvalue weighted by Gasteiger charge is -2.12. The highest BCUT2D eigenvalue weighted by Crippen LogP contribution is 2.32. The molecule has 0 unspecified atom stereocenters. The SMILES string of the molecule is CC(C)Oc1ccc(/C=C2\SC(=O)N(CC(=O)Nc3ccc(Cl)cc3)C2=O)cc1. The van der Waals surface area contributed by atoms with Crippen molar-refractivity contribution < 1.29 is 19.1 Å². The van der Waals surface area contributed by atoms with Crippen LogP contribution in [0.15, 0.2) is 53.4 Å². The van der Waals surface area contributed by atoms with Gasteiger partial charge in [0.25, 0.3) is 11.1 Å². The quantitative estimate of drug-likeness (QED) is 0.666. The largest absolute Gasteiger partial charge is 0.491 e. The molecule has 3 amide bonds. The van der Waals surface area contributed by atoms with Crippen LogP contribution in [0.5, 0.6) is 5.75 Å². The highest BCUT2D eigenvalue weighted by molar-refractivity contribution is 8.18. The van der Waals surface area contributed by atoms with Crippen molar-refractivity contribution in [2.24, 2.45) is 0 Å². The molecule has 1 N–H and O–H groups in total. The summed E-state index contributed by atoms with van der Waals surface area (Å²) in [6.45, 7) is 3.52. The molecule has 0 radical (unpaired) electrons. The Morgan fingerprint density at radius 1 is 1.14 bits per heavy atom. The number of imide groups is 1. The number of anilines is 1. The lowest BCUT2D eigenvalue weighted by Crippen LogP contribution is -2.36. The number of carbonyl (C=O) groups is 3. The van der Waals surface area contributed by atoms with E-state index in [4.69, 9.17) is 16.3 Å². The van der Waals surface area contributed by atoms with Crippen molar-refractivity contribution in [2.75, 3.05) is 11.9 Å². The smallest absolute Gasteiger partial charge is 0.294 e. The first-order valence-electron chi connectivity index (χ1n) is 8.89. The second-order valence-electron chi connectivity index (χ2n) is 6.56. The molecule has 2 aromatic carbocycles. The van der Waals surface area contributed by atoms with Crippen molar-refractivity contribution in [2.45, 2.75) is 20.0 Å². The molecule has 1 fully saturated rings. The summed E-state index contributed by atoms with van der Waals surface area (Å²) >= 11 is 6.62. The Balaban J connectivity index is 1.64. The predicted octanol–water partition coefficient (Wildman–Crippen LogP) is 4.80. The van der Waals surface area contributed by atoms with E-state index in [1.54, 1.807) is 54.6 Å². The average molecular weight is 431 g/mol. The number of hydrogen-bond donors (Lipinski definition) is 1. The van der Waals surface area contributed by atoms with E-state index in [2.05, 4.69) is 5.32 Å². The van der Waals surface area contributed by atoms with Gasteiger partial charge in [-0.25, -0.2) is 0 Å². The van der Waals surface area contributed by atoms with Gasteiger partial charge in [-0.3, -0.25) is 19.3 Å². The van der Waals surface area contributed by atoms with E-state index in [0.29, 0.717) is 10.7 Å². The highest BCUT2D eigenvalue weighted by atomic mass is 35.5. The minimum absolute atomic E-state index is 0.0661. The summed E-state index contributed by atoms with van der Waals surface area (Å²) < 4.78 is 5.59. The Hall–Kier alpha value is -2.77. The van der Waals surface area contributed by atoms with Crippen LogP contribution in [-0.2, 0) is 9.59 Å². The molecule has 0 aromatic heterocycles. The maximum Gasteiger partial charge on any atom is 0.294 e. The summed E-state index contributed by atoms with van der Waals surface area (Å²) in [7, 11) is 0. The molecule has 1 aliphatic rings. The van der Waals surface area contributed by atoms with Gasteiger partial charge in [0, 0.05) is 10.7 Å². The Morgan fingerprint density at radius 3 is 2.41 bits per heavy atom. The molecule has 0 atom stereocenters. The summed E-state index contributed by atoms with van der Waals surface area (Å²) in [5.74, 6) is -0.232. The fourth-order valence-electron chi connectivity index (χ4n) is 2.58. The van der Waals surface area contributed by atoms with Crippen molar-refractivity contribution >= 4 is 52.2 Å². The van der Waals surface area contributed by atoms with Crippen LogP contribution in [0.1, 0.15) is 19.4 Å². The fourth-order valence-corrected chi connectivity index (χ4v) is 3.54. The number of benzene rings is 2. The lowest BCUT2D eigenvalue weighted by atomic mass is 10.2. The van der Waals surface area contributed by atoms with Crippen LogP contribution in [0, 0.1) is 0 Å². The Bertz CT molecular complexity index is 956. The highest BCUT2D eigenvalue weighted by Gasteiger charge is 2.36. The predicted molar refractivity (Wildman–Crippen MR) is 115 cm³/mol. The third kappa shape index (κ3) is 5.62. The number of halogens is 1. The van der Waals surface area contributed by atoms with Crippen LogP contribution >= 0.6 is 23.4 Å². The molecule has 0 saturated carbocycles. The van der Waals surface area contributed by atoms with Crippen molar-refractivity contribution in [3.63, 3.8) is 0 Å². The normalized spacial score (nSPS) is 15.3. The van der Waals surface area contributed by atoms with E-state index in [1.807, 2.05) is 13.8 Å². The fraction of sp³-hybridized carbons (Fsp3) is 0.190. The first-order chi connectivity index (χ1) is 13.8. The maximum atomic E-state index is 12.6. The molecule has 8 heteroatoms. The molecule has 1 saturated heterocycles. The topological polar surface area (TPSA) is 75.7 Å². The number of amides is 3. The van der Waals surface area contributed by atoms with Crippen LogP contribution in [0.25, 0.3) is 6.08 Å². The monoisotopic (exact) mass is 430 g/mol. The average Bonchev–Trinajstić information content (AvgIpc) is 2.92. The van der Waals surface area contributed by atoms with E-state index in [9.17, 15) is 14.4 Å². The molecule has 0 spiro atoms. The number of thioether (sulfide) groups is 1. The summed E-state index contributed by atoms with van der Waals surface area (Å²) in [5, 5.41) is 2.70. The Morgan fingerprint density at radius 2 is 1.79 bits per heavy atom. The summed E-state index contributed by atoms with van der Waals surface area (Å²) in [6.07, 6.45) is 1.69. The molecule has 0 aliphatic carbocycles. The van der Waals surface area contributed by atoms with Crippen LogP contribution in [-0.4, -0.2) is 34.6 Å². The molecule has 1 heterocycles. The Kier molecular flexibility index (Phi) is 6.61. The molecule has 3 rings (SSSR count). The van der Waals surface area contributed by atoms with E-state index in [0.717, 1.165) is 28.0 Å². The molecule has 29 heavy (non-hydrogen) atoms. The van der Waals surface area contributed by atoms with E-state index in [-0.39, 0.29) is 17.6 Å². The zero-order valence-electron chi connectivity index (χ0n) is 15.8. The number of nitrogens with one attached hydrogen (secondary N) is 1. The van der Waals surface area contributed by atoms with Crippen LogP contribution in [0.2, 0.25) is 5.02 Å². The number of hydrogen-bond acceptors (Lipinski definition) is 5. The van der Waals surface area contributed by atoms with Gasteiger partial charge in [0.2, 0.25) is 5.91 Å². The first-order valence-corrected chi connectivity index (χ1v) is 10.1. The number of carbonyl (C=O) groups excluding carboxylic acids is 3. The zero-order valence-corrected chi connectivity index (χ0v) is 17.4. The minimum atomic E-state index is -0.492. The molecule has 150 valence electrons. The minimum Gasteiger partial charge on any atom is -0.491 e. The molecule has 0 bridgehead atoms. The van der Waals surface area contributed by atoms with Crippen molar-refractivity contribution in [3.8, 4) is 5.75 Å². The lowest BCUT2D eigenvalue weighted by molar-refractivity contribution is -0.127. The van der Waals surface area contributed by atoms with Crippen molar-refractivity contribution in [1.29, 1.82) is 0 Å². The molecular weight excluding hydrogens is 412 g/mol. The van der Waals surface area contributed by atoms with Gasteiger partial charge in [-0.05, 0) is 73.6 Å². The van der Waals surface area contributed by atoms with E-state index >= 15 is 0 Å². The van der Waals surface area contributed by atoms with Gasteiger partial charge in [-0.2, -0.15) is 0 Å². The molecule has 1 aliphatic heterocycles. The van der Waals surface area contributed by atoms with Gasteiger partial charge in [0.15, 0.2) is 0 Å². The number of ether oxygens (including phenoxy) is 1. The van der Waals surface area contributed by atoms with Crippen LogP contribution in [0.3, 0.4) is 0 Å². The van der Waals surface area contributed by atoms with Gasteiger partial charge in [0.1, 0.15) is 12.3 Å².